The van der Waals surface area contributed by atoms with Gasteiger partial charge in [-0.15, -0.1) is 0 Å². The molecule has 2 rings (SSSR count). The summed E-state index contributed by atoms with van der Waals surface area (Å²) in [5.41, 5.74) is -0.208. The number of nitrogens with zero attached hydrogens (tertiary/aromatic N) is 2. The van der Waals surface area contributed by atoms with Crippen LogP contribution >= 0.6 is 0 Å². The third-order valence-electron chi connectivity index (χ3n) is 2.93. The van der Waals surface area contributed by atoms with E-state index in [0.29, 0.717) is 0 Å². The van der Waals surface area contributed by atoms with Crippen LogP contribution in [0.5, 0.6) is 5.88 Å². The highest BCUT2D eigenvalue weighted by Crippen LogP contribution is 2.38. The van der Waals surface area contributed by atoms with E-state index in [2.05, 4.69) is 4.98 Å². The number of rotatable bonds is 3. The first-order valence-corrected chi connectivity index (χ1v) is 6.05. The molecule has 1 aromatic heterocycles. The van der Waals surface area contributed by atoms with E-state index in [-0.39, 0.29) is 29.1 Å². The fourth-order valence-electron chi connectivity index (χ4n) is 2.02. The van der Waals surface area contributed by atoms with Crippen LogP contribution in [0.3, 0.4) is 0 Å². The second kappa shape index (κ2) is 5.83. The number of hydrogen-bond acceptors (Lipinski definition) is 3. The predicted octanol–water partition coefficient (Wildman–Crippen LogP) is 3.84. The van der Waals surface area contributed by atoms with Crippen molar-refractivity contribution < 1.29 is 17.9 Å². The molecule has 0 saturated carbocycles. The molecule has 0 atom stereocenters. The number of alkyl halides is 3. The summed E-state index contributed by atoms with van der Waals surface area (Å²) in [7, 11) is 1.40. The zero-order valence-electron chi connectivity index (χ0n) is 11.1. The first-order valence-electron chi connectivity index (χ1n) is 6.05. The van der Waals surface area contributed by atoms with Gasteiger partial charge in [-0.25, -0.2) is 4.98 Å². The highest BCUT2D eigenvalue weighted by Gasteiger charge is 2.33. The Hall–Kier alpha value is -2.55. The Kier molecular flexibility index (Phi) is 4.13. The van der Waals surface area contributed by atoms with E-state index < -0.39 is 11.7 Å². The van der Waals surface area contributed by atoms with Gasteiger partial charge < -0.3 is 4.74 Å². The Morgan fingerprint density at radius 2 is 1.86 bits per heavy atom. The van der Waals surface area contributed by atoms with Crippen molar-refractivity contribution in [2.45, 2.75) is 12.6 Å². The van der Waals surface area contributed by atoms with Crippen molar-refractivity contribution >= 4 is 0 Å². The lowest BCUT2D eigenvalue weighted by Crippen LogP contribution is -2.08. The summed E-state index contributed by atoms with van der Waals surface area (Å²) in [6.07, 6.45) is -4.57. The molecule has 0 unspecified atom stereocenters. The van der Waals surface area contributed by atoms with Crippen LogP contribution in [0, 0.1) is 11.3 Å². The average molecular weight is 292 g/mol. The number of benzene rings is 1. The van der Waals surface area contributed by atoms with Gasteiger partial charge in [0.1, 0.15) is 0 Å². The first kappa shape index (κ1) is 14.9. The Labute approximate surface area is 119 Å². The van der Waals surface area contributed by atoms with Crippen molar-refractivity contribution in [3.8, 4) is 23.1 Å². The molecular formula is C15H11F3N2O. The maximum atomic E-state index is 13.1. The molecule has 6 heteroatoms. The minimum Gasteiger partial charge on any atom is -0.481 e. The molecule has 0 spiro atoms. The monoisotopic (exact) mass is 292 g/mol. The van der Waals surface area contributed by atoms with E-state index in [1.165, 1.54) is 37.4 Å². The summed E-state index contributed by atoms with van der Waals surface area (Å²) in [6.45, 7) is 0. The largest absolute Gasteiger partial charge is 0.481 e. The SMILES string of the molecule is COc1ccc(-c2ccccc2C(F)(F)F)c(CC#N)n1. The molecule has 3 nitrogen and oxygen atoms in total. The molecule has 0 N–H and O–H groups in total. The molecule has 0 saturated heterocycles. The minimum atomic E-state index is -4.47. The van der Waals surface area contributed by atoms with Gasteiger partial charge in [0.2, 0.25) is 5.88 Å². The van der Waals surface area contributed by atoms with Gasteiger partial charge in [-0.1, -0.05) is 18.2 Å². The third-order valence-corrected chi connectivity index (χ3v) is 2.93. The summed E-state index contributed by atoms with van der Waals surface area (Å²) in [4.78, 5) is 4.07. The number of aromatic nitrogens is 1. The zero-order valence-corrected chi connectivity index (χ0v) is 11.1. The molecule has 0 amide bonds. The van der Waals surface area contributed by atoms with Crippen molar-refractivity contribution in [1.82, 2.24) is 4.98 Å². The smallest absolute Gasteiger partial charge is 0.417 e. The van der Waals surface area contributed by atoms with Gasteiger partial charge >= 0.3 is 6.18 Å². The van der Waals surface area contributed by atoms with E-state index in [0.717, 1.165) is 6.07 Å². The summed E-state index contributed by atoms with van der Waals surface area (Å²) in [5.74, 6) is 0.258. The minimum absolute atomic E-state index is 0.00500. The first-order chi connectivity index (χ1) is 9.97. The standard InChI is InChI=1S/C15H11F3N2O/c1-21-14-7-6-11(13(20-14)8-9-19)10-4-2-3-5-12(10)15(16,17)18/h2-7H,8H2,1H3. The van der Waals surface area contributed by atoms with Crippen LogP contribution in [-0.4, -0.2) is 12.1 Å². The van der Waals surface area contributed by atoms with Gasteiger partial charge in [0.25, 0.3) is 0 Å². The van der Waals surface area contributed by atoms with Gasteiger partial charge in [-0.2, -0.15) is 18.4 Å². The summed E-state index contributed by atoms with van der Waals surface area (Å²) >= 11 is 0. The van der Waals surface area contributed by atoms with Crippen LogP contribution < -0.4 is 4.74 Å². The zero-order chi connectivity index (χ0) is 15.5. The van der Waals surface area contributed by atoms with E-state index in [1.807, 2.05) is 6.07 Å². The van der Waals surface area contributed by atoms with E-state index >= 15 is 0 Å². The maximum Gasteiger partial charge on any atom is 0.417 e. The van der Waals surface area contributed by atoms with Gasteiger partial charge in [-0.3, -0.25) is 0 Å². The Balaban J connectivity index is 2.65. The number of methoxy groups -OCH3 is 1. The summed E-state index contributed by atoms with van der Waals surface area (Å²) in [6, 6.07) is 10.1. The molecule has 0 aliphatic heterocycles. The molecule has 1 aromatic carbocycles. The highest BCUT2D eigenvalue weighted by molar-refractivity contribution is 5.70. The number of pyridine rings is 1. The number of hydrogen-bond donors (Lipinski definition) is 0. The molecule has 2 aromatic rings. The Morgan fingerprint density at radius 3 is 2.48 bits per heavy atom. The van der Waals surface area contributed by atoms with Gasteiger partial charge in [0.15, 0.2) is 0 Å². The van der Waals surface area contributed by atoms with Crippen LogP contribution in [0.4, 0.5) is 13.2 Å². The topological polar surface area (TPSA) is 45.9 Å². The molecule has 108 valence electrons. The molecule has 0 radical (unpaired) electrons. The van der Waals surface area contributed by atoms with E-state index in [4.69, 9.17) is 10.00 Å². The number of nitriles is 1. The second-order valence-electron chi connectivity index (χ2n) is 4.23. The fraction of sp³-hybridized carbons (Fsp3) is 0.200. The molecule has 0 aliphatic rings. The van der Waals surface area contributed by atoms with E-state index in [1.54, 1.807) is 0 Å². The van der Waals surface area contributed by atoms with Crippen LogP contribution in [-0.2, 0) is 12.6 Å². The molecule has 1 heterocycles. The summed E-state index contributed by atoms with van der Waals surface area (Å²) < 4.78 is 44.2. The molecule has 0 fully saturated rings. The second-order valence-corrected chi connectivity index (χ2v) is 4.23. The molecule has 0 bridgehead atoms. The maximum absolute atomic E-state index is 13.1. The van der Waals surface area contributed by atoms with Crippen molar-refractivity contribution in [3.05, 3.63) is 47.7 Å². The average Bonchev–Trinajstić information content (AvgIpc) is 2.46. The molecule has 21 heavy (non-hydrogen) atoms. The van der Waals surface area contributed by atoms with Gasteiger partial charge in [0, 0.05) is 11.6 Å². The normalized spacial score (nSPS) is 11.0. The van der Waals surface area contributed by atoms with Gasteiger partial charge in [0.05, 0.1) is 30.9 Å². The lowest BCUT2D eigenvalue weighted by atomic mass is 9.97. The van der Waals surface area contributed by atoms with Crippen LogP contribution in [0.2, 0.25) is 0 Å². The summed E-state index contributed by atoms with van der Waals surface area (Å²) in [5, 5.41) is 8.83. The van der Waals surface area contributed by atoms with Gasteiger partial charge in [-0.05, 0) is 17.7 Å². The van der Waals surface area contributed by atoms with Crippen LogP contribution in [0.25, 0.3) is 11.1 Å². The Bertz CT molecular complexity index is 690. The van der Waals surface area contributed by atoms with Crippen LogP contribution in [0.1, 0.15) is 11.3 Å². The van der Waals surface area contributed by atoms with Crippen molar-refractivity contribution in [1.29, 1.82) is 5.26 Å². The fourth-order valence-corrected chi connectivity index (χ4v) is 2.02. The van der Waals surface area contributed by atoms with Crippen molar-refractivity contribution in [3.63, 3.8) is 0 Å². The number of ether oxygens (including phenoxy) is 1. The lowest BCUT2D eigenvalue weighted by Gasteiger charge is -2.15. The predicted molar refractivity (Wildman–Crippen MR) is 70.5 cm³/mol. The Morgan fingerprint density at radius 1 is 1.14 bits per heavy atom. The van der Waals surface area contributed by atoms with Crippen LogP contribution in [0.15, 0.2) is 36.4 Å². The quantitative estimate of drug-likeness (QED) is 0.863. The molecular weight excluding hydrogens is 281 g/mol. The van der Waals surface area contributed by atoms with E-state index in [9.17, 15) is 13.2 Å². The third kappa shape index (κ3) is 3.14. The highest BCUT2D eigenvalue weighted by atomic mass is 19.4. The van der Waals surface area contributed by atoms with Crippen molar-refractivity contribution in [2.24, 2.45) is 0 Å². The lowest BCUT2D eigenvalue weighted by molar-refractivity contribution is -0.137. The molecule has 0 aliphatic carbocycles. The van der Waals surface area contributed by atoms with Crippen molar-refractivity contribution in [2.75, 3.05) is 7.11 Å². The number of halogens is 3.